The lowest BCUT2D eigenvalue weighted by Gasteiger charge is -2.35. The van der Waals surface area contributed by atoms with Crippen LogP contribution < -0.4 is 5.32 Å². The first-order valence-electron chi connectivity index (χ1n) is 7.79. The number of nitrogens with one attached hydrogen (secondary N) is 1. The fourth-order valence-corrected chi connectivity index (χ4v) is 3.00. The zero-order chi connectivity index (χ0) is 14.1. The van der Waals surface area contributed by atoms with E-state index >= 15 is 0 Å². The fraction of sp³-hybridized carbons (Fsp3) is 1.00. The number of alkyl halides is 1. The van der Waals surface area contributed by atoms with Gasteiger partial charge in [-0.1, -0.05) is 13.3 Å². The normalized spacial score (nSPS) is 22.9. The third kappa shape index (κ3) is 6.94. The van der Waals surface area contributed by atoms with Crippen molar-refractivity contribution in [2.75, 3.05) is 38.7 Å². The molecule has 0 aromatic heterocycles. The first-order chi connectivity index (χ1) is 9.17. The van der Waals surface area contributed by atoms with Crippen molar-refractivity contribution in [2.45, 2.75) is 52.2 Å². The summed E-state index contributed by atoms with van der Waals surface area (Å²) >= 11 is 5.85. The molecule has 2 atom stereocenters. The highest BCUT2D eigenvalue weighted by Crippen LogP contribution is 2.12. The molecule has 0 aromatic rings. The maximum Gasteiger partial charge on any atom is 0.0826 e. The van der Waals surface area contributed by atoms with Crippen LogP contribution in [-0.4, -0.2) is 55.7 Å². The monoisotopic (exact) mass is 290 g/mol. The number of nitrogens with zero attached hydrogens (tertiary/aromatic N) is 1. The third-order valence-corrected chi connectivity index (χ3v) is 4.14. The first-order valence-corrected chi connectivity index (χ1v) is 8.33. The number of hydrogen-bond acceptors (Lipinski definition) is 3. The van der Waals surface area contributed by atoms with E-state index in [0.717, 1.165) is 45.1 Å². The van der Waals surface area contributed by atoms with E-state index in [-0.39, 0.29) is 0 Å². The van der Waals surface area contributed by atoms with Crippen LogP contribution in [-0.2, 0) is 4.74 Å². The Hall–Kier alpha value is 0.170. The predicted octanol–water partition coefficient (Wildman–Crippen LogP) is 2.73. The molecule has 1 heterocycles. The number of hydrogen-bond donors (Lipinski definition) is 1. The van der Waals surface area contributed by atoms with E-state index in [1.807, 2.05) is 0 Å². The van der Waals surface area contributed by atoms with Gasteiger partial charge in [0.2, 0.25) is 0 Å². The molecular formula is C15H31ClN2O. The molecule has 0 radical (unpaired) electrons. The van der Waals surface area contributed by atoms with E-state index < -0.39 is 0 Å². The van der Waals surface area contributed by atoms with E-state index in [0.29, 0.717) is 18.1 Å². The van der Waals surface area contributed by atoms with E-state index in [4.69, 9.17) is 16.3 Å². The molecular weight excluding hydrogens is 260 g/mol. The Labute approximate surface area is 124 Å². The summed E-state index contributed by atoms with van der Waals surface area (Å²) in [6.45, 7) is 11.8. The van der Waals surface area contributed by atoms with Crippen LogP contribution in [0.25, 0.3) is 0 Å². The number of morpholine rings is 1. The quantitative estimate of drug-likeness (QED) is 0.661. The molecule has 1 rings (SSSR count). The Balaban J connectivity index is 2.20. The Morgan fingerprint density at radius 2 is 2.16 bits per heavy atom. The molecule has 1 N–H and O–H groups in total. The van der Waals surface area contributed by atoms with Crippen molar-refractivity contribution in [3.8, 4) is 0 Å². The summed E-state index contributed by atoms with van der Waals surface area (Å²) < 4.78 is 5.83. The lowest BCUT2D eigenvalue weighted by Crippen LogP contribution is -2.49. The van der Waals surface area contributed by atoms with Crippen molar-refractivity contribution >= 4 is 11.6 Å². The van der Waals surface area contributed by atoms with Gasteiger partial charge in [-0.05, 0) is 39.2 Å². The zero-order valence-corrected chi connectivity index (χ0v) is 13.6. The van der Waals surface area contributed by atoms with Gasteiger partial charge in [0.05, 0.1) is 12.7 Å². The van der Waals surface area contributed by atoms with Crippen molar-refractivity contribution in [3.63, 3.8) is 0 Å². The van der Waals surface area contributed by atoms with Crippen LogP contribution in [0.2, 0.25) is 0 Å². The van der Waals surface area contributed by atoms with Gasteiger partial charge in [-0.15, -0.1) is 11.6 Å². The second kappa shape index (κ2) is 9.98. The average molecular weight is 291 g/mol. The Morgan fingerprint density at radius 3 is 2.79 bits per heavy atom. The molecule has 1 aliphatic rings. The molecule has 0 aromatic carbocycles. The minimum absolute atomic E-state index is 0.342. The van der Waals surface area contributed by atoms with Gasteiger partial charge in [-0.2, -0.15) is 0 Å². The molecule has 4 heteroatoms. The second-order valence-electron chi connectivity index (χ2n) is 5.87. The maximum absolute atomic E-state index is 5.85. The van der Waals surface area contributed by atoms with Crippen LogP contribution in [0.1, 0.15) is 40.0 Å². The van der Waals surface area contributed by atoms with Gasteiger partial charge < -0.3 is 10.1 Å². The summed E-state index contributed by atoms with van der Waals surface area (Å²) in [4.78, 5) is 2.50. The van der Waals surface area contributed by atoms with Gasteiger partial charge in [0, 0.05) is 31.6 Å². The van der Waals surface area contributed by atoms with E-state index in [1.165, 1.54) is 12.8 Å². The lowest BCUT2D eigenvalue weighted by molar-refractivity contribution is -0.0374. The molecule has 114 valence electrons. The number of ether oxygens (including phenoxy) is 1. The number of rotatable bonds is 9. The molecule has 1 saturated heterocycles. The highest BCUT2D eigenvalue weighted by molar-refractivity contribution is 6.17. The SMILES string of the molecule is CCCC(CCCl)CNCC1CN(C(C)C)CCO1. The maximum atomic E-state index is 5.85. The predicted molar refractivity (Wildman–Crippen MR) is 83.1 cm³/mol. The molecule has 1 aliphatic heterocycles. The minimum Gasteiger partial charge on any atom is -0.374 e. The summed E-state index contributed by atoms with van der Waals surface area (Å²) in [5.74, 6) is 1.49. The molecule has 2 unspecified atom stereocenters. The molecule has 0 bridgehead atoms. The topological polar surface area (TPSA) is 24.5 Å². The van der Waals surface area contributed by atoms with Crippen LogP contribution in [0.3, 0.4) is 0 Å². The van der Waals surface area contributed by atoms with E-state index in [2.05, 4.69) is 31.0 Å². The Kier molecular flexibility index (Phi) is 9.04. The van der Waals surface area contributed by atoms with Crippen molar-refractivity contribution in [1.82, 2.24) is 10.2 Å². The highest BCUT2D eigenvalue weighted by Gasteiger charge is 2.21. The molecule has 19 heavy (non-hydrogen) atoms. The van der Waals surface area contributed by atoms with Crippen LogP contribution in [0, 0.1) is 5.92 Å². The van der Waals surface area contributed by atoms with Crippen LogP contribution in [0.5, 0.6) is 0 Å². The minimum atomic E-state index is 0.342. The summed E-state index contributed by atoms with van der Waals surface area (Å²) in [7, 11) is 0. The van der Waals surface area contributed by atoms with Gasteiger partial charge in [0.15, 0.2) is 0 Å². The fourth-order valence-electron chi connectivity index (χ4n) is 2.69. The smallest absolute Gasteiger partial charge is 0.0826 e. The standard InChI is InChI=1S/C15H31ClN2O/c1-4-5-14(6-7-16)10-17-11-15-12-18(13(2)3)8-9-19-15/h13-15,17H,4-12H2,1-3H3. The summed E-state index contributed by atoms with van der Waals surface area (Å²) in [5.41, 5.74) is 0. The van der Waals surface area contributed by atoms with Gasteiger partial charge in [0.25, 0.3) is 0 Å². The van der Waals surface area contributed by atoms with Crippen LogP contribution >= 0.6 is 11.6 Å². The van der Waals surface area contributed by atoms with Crippen LogP contribution in [0.15, 0.2) is 0 Å². The first kappa shape index (κ1) is 17.2. The van der Waals surface area contributed by atoms with Crippen molar-refractivity contribution < 1.29 is 4.74 Å². The van der Waals surface area contributed by atoms with Crippen molar-refractivity contribution in [2.24, 2.45) is 5.92 Å². The summed E-state index contributed by atoms with van der Waals surface area (Å²) in [6.07, 6.45) is 3.97. The average Bonchev–Trinajstić information content (AvgIpc) is 2.39. The van der Waals surface area contributed by atoms with Crippen molar-refractivity contribution in [3.05, 3.63) is 0 Å². The third-order valence-electron chi connectivity index (χ3n) is 3.92. The van der Waals surface area contributed by atoms with Gasteiger partial charge in [-0.3, -0.25) is 4.90 Å². The highest BCUT2D eigenvalue weighted by atomic mass is 35.5. The molecule has 0 amide bonds. The second-order valence-corrected chi connectivity index (χ2v) is 6.25. The molecule has 0 aliphatic carbocycles. The Bertz CT molecular complexity index is 220. The van der Waals surface area contributed by atoms with Gasteiger partial charge in [0.1, 0.15) is 0 Å². The van der Waals surface area contributed by atoms with E-state index in [1.54, 1.807) is 0 Å². The molecule has 1 fully saturated rings. The summed E-state index contributed by atoms with van der Waals surface area (Å²) in [6, 6.07) is 0.621. The number of halogens is 1. The van der Waals surface area contributed by atoms with Crippen molar-refractivity contribution in [1.29, 1.82) is 0 Å². The van der Waals surface area contributed by atoms with E-state index in [9.17, 15) is 0 Å². The Morgan fingerprint density at radius 1 is 1.37 bits per heavy atom. The largest absolute Gasteiger partial charge is 0.374 e. The molecule has 0 saturated carbocycles. The lowest BCUT2D eigenvalue weighted by atomic mass is 10.0. The van der Waals surface area contributed by atoms with Gasteiger partial charge >= 0.3 is 0 Å². The van der Waals surface area contributed by atoms with Crippen LogP contribution in [0.4, 0.5) is 0 Å². The molecule has 0 spiro atoms. The summed E-state index contributed by atoms with van der Waals surface area (Å²) in [5, 5.41) is 3.57. The zero-order valence-electron chi connectivity index (χ0n) is 12.8. The molecule has 3 nitrogen and oxygen atoms in total. The van der Waals surface area contributed by atoms with Gasteiger partial charge in [-0.25, -0.2) is 0 Å².